The number of rotatable bonds is 0. The summed E-state index contributed by atoms with van der Waals surface area (Å²) >= 11 is 0. The Hall–Kier alpha value is -2.69. The Labute approximate surface area is 114 Å². The van der Waals surface area contributed by atoms with Crippen LogP contribution in [0.25, 0.3) is 33.7 Å². The third kappa shape index (κ3) is 1.02. The maximum absolute atomic E-state index is 5.91. The number of aryl methyl sites for hydroxylation is 1. The van der Waals surface area contributed by atoms with E-state index in [0.29, 0.717) is 5.71 Å². The van der Waals surface area contributed by atoms with E-state index in [1.165, 1.54) is 11.1 Å². The molecule has 0 saturated heterocycles. The maximum Gasteiger partial charge on any atom is 0.340 e. The lowest BCUT2D eigenvalue weighted by Gasteiger charge is -1.93. The minimum Gasteiger partial charge on any atom is -0.400 e. The summed E-state index contributed by atoms with van der Waals surface area (Å²) in [4.78, 5) is 8.54. The van der Waals surface area contributed by atoms with Crippen LogP contribution in [0, 0.1) is 0 Å². The van der Waals surface area contributed by atoms with Gasteiger partial charge in [-0.05, 0) is 18.2 Å². The average Bonchev–Trinajstić information content (AvgIpc) is 3.10. The predicted molar refractivity (Wildman–Crippen MR) is 73.0 cm³/mol. The van der Waals surface area contributed by atoms with Crippen molar-refractivity contribution < 1.29 is 8.98 Å². The number of furan rings is 1. The van der Waals surface area contributed by atoms with E-state index < -0.39 is 0 Å². The Kier molecular flexibility index (Phi) is 1.65. The maximum atomic E-state index is 5.91. The normalized spacial score (nSPS) is 13.1. The van der Waals surface area contributed by atoms with E-state index in [1.54, 1.807) is 6.20 Å². The van der Waals surface area contributed by atoms with Crippen molar-refractivity contribution in [3.05, 3.63) is 42.4 Å². The molecule has 0 amide bonds. The summed E-state index contributed by atoms with van der Waals surface area (Å²) in [5.41, 5.74) is 5.15. The molecule has 0 aliphatic carbocycles. The second-order valence-corrected chi connectivity index (χ2v) is 5.11. The van der Waals surface area contributed by atoms with Gasteiger partial charge in [-0.3, -0.25) is 4.98 Å². The molecular formula is C15H11N4O+. The third-order valence-electron chi connectivity index (χ3n) is 4.05. The van der Waals surface area contributed by atoms with Crippen LogP contribution < -0.4 is 4.57 Å². The second-order valence-electron chi connectivity index (χ2n) is 5.11. The summed E-state index contributed by atoms with van der Waals surface area (Å²) in [5, 5.41) is 1.06. The lowest BCUT2D eigenvalue weighted by Crippen LogP contribution is -2.29. The number of fused-ring (bicyclic) bond motifs is 7. The first-order valence-electron chi connectivity index (χ1n) is 6.53. The van der Waals surface area contributed by atoms with Crippen molar-refractivity contribution in [2.24, 2.45) is 7.05 Å². The fourth-order valence-electron chi connectivity index (χ4n) is 3.19. The standard InChI is InChI=1S/C15H11N4O/c1-18-14-11-7-16-6-4-9(11)8-19(14)12-10-3-2-5-17-13(10)20-15(12)18/h2-7H,8H2,1H3/q+1. The fourth-order valence-corrected chi connectivity index (χ4v) is 3.19. The SMILES string of the molecule is C[n+]1c2n(c3c4cccnc4oc31)Cc1ccncc1-2. The topological polar surface area (TPSA) is 47.7 Å². The molecule has 20 heavy (non-hydrogen) atoms. The van der Waals surface area contributed by atoms with Crippen LogP contribution in [0.3, 0.4) is 0 Å². The van der Waals surface area contributed by atoms with Crippen molar-refractivity contribution in [3.63, 3.8) is 0 Å². The molecule has 96 valence electrons. The van der Waals surface area contributed by atoms with Crippen LogP contribution in [-0.2, 0) is 13.6 Å². The number of pyridine rings is 2. The van der Waals surface area contributed by atoms with Gasteiger partial charge in [-0.1, -0.05) is 0 Å². The van der Waals surface area contributed by atoms with E-state index in [-0.39, 0.29) is 0 Å². The molecule has 5 heteroatoms. The Morgan fingerprint density at radius 3 is 3.20 bits per heavy atom. The Morgan fingerprint density at radius 2 is 2.25 bits per heavy atom. The molecule has 0 saturated carbocycles. The molecule has 4 aromatic rings. The van der Waals surface area contributed by atoms with E-state index in [9.17, 15) is 0 Å². The van der Waals surface area contributed by atoms with Crippen LogP contribution in [0.2, 0.25) is 0 Å². The number of aromatic nitrogens is 4. The summed E-state index contributed by atoms with van der Waals surface area (Å²) in [6.07, 6.45) is 5.53. The van der Waals surface area contributed by atoms with Crippen molar-refractivity contribution in [1.29, 1.82) is 0 Å². The molecule has 0 unspecified atom stereocenters. The van der Waals surface area contributed by atoms with Gasteiger partial charge in [0.15, 0.2) is 0 Å². The highest BCUT2D eigenvalue weighted by Crippen LogP contribution is 2.36. The largest absolute Gasteiger partial charge is 0.400 e. The third-order valence-corrected chi connectivity index (χ3v) is 4.05. The van der Waals surface area contributed by atoms with Crippen molar-refractivity contribution in [2.45, 2.75) is 6.54 Å². The molecular weight excluding hydrogens is 252 g/mol. The number of nitrogens with zero attached hydrogens (tertiary/aromatic N) is 4. The smallest absolute Gasteiger partial charge is 0.340 e. The van der Waals surface area contributed by atoms with E-state index in [4.69, 9.17) is 4.42 Å². The molecule has 5 rings (SSSR count). The van der Waals surface area contributed by atoms with Crippen molar-refractivity contribution in [1.82, 2.24) is 14.5 Å². The van der Waals surface area contributed by atoms with Gasteiger partial charge in [0.25, 0.3) is 5.82 Å². The first kappa shape index (κ1) is 10.1. The first-order valence-corrected chi connectivity index (χ1v) is 6.53. The fraction of sp³-hybridized carbons (Fsp3) is 0.133. The van der Waals surface area contributed by atoms with Crippen LogP contribution in [0.15, 0.2) is 41.2 Å². The van der Waals surface area contributed by atoms with Crippen LogP contribution in [0.1, 0.15) is 5.56 Å². The summed E-state index contributed by atoms with van der Waals surface area (Å²) in [5.74, 6) is 1.15. The van der Waals surface area contributed by atoms with Gasteiger partial charge in [-0.25, -0.2) is 9.55 Å². The average molecular weight is 263 g/mol. The minimum atomic E-state index is 0.692. The number of hydrogen-bond donors (Lipinski definition) is 0. The quantitative estimate of drug-likeness (QED) is 0.402. The zero-order valence-electron chi connectivity index (χ0n) is 10.9. The molecule has 0 spiro atoms. The molecule has 5 heterocycles. The Morgan fingerprint density at radius 1 is 1.30 bits per heavy atom. The van der Waals surface area contributed by atoms with E-state index in [1.807, 2.05) is 25.5 Å². The second kappa shape index (κ2) is 3.25. The summed E-state index contributed by atoms with van der Waals surface area (Å²) in [6, 6.07) is 6.08. The lowest BCUT2D eigenvalue weighted by molar-refractivity contribution is -0.640. The van der Waals surface area contributed by atoms with Gasteiger partial charge in [-0.2, -0.15) is 4.57 Å². The molecule has 0 fully saturated rings. The highest BCUT2D eigenvalue weighted by molar-refractivity contribution is 6.00. The molecule has 0 N–H and O–H groups in total. The highest BCUT2D eigenvalue weighted by atomic mass is 16.4. The van der Waals surface area contributed by atoms with Gasteiger partial charge in [-0.15, -0.1) is 0 Å². The van der Waals surface area contributed by atoms with Crippen molar-refractivity contribution in [3.8, 4) is 11.4 Å². The summed E-state index contributed by atoms with van der Waals surface area (Å²) in [7, 11) is 2.03. The van der Waals surface area contributed by atoms with Gasteiger partial charge in [0.05, 0.1) is 18.0 Å². The first-order chi connectivity index (χ1) is 9.84. The summed E-state index contributed by atoms with van der Waals surface area (Å²) < 4.78 is 10.3. The highest BCUT2D eigenvalue weighted by Gasteiger charge is 2.36. The summed E-state index contributed by atoms with van der Waals surface area (Å²) in [6.45, 7) is 0.855. The number of hydrogen-bond acceptors (Lipinski definition) is 3. The molecule has 1 aliphatic rings. The van der Waals surface area contributed by atoms with Gasteiger partial charge in [0, 0.05) is 24.2 Å². The van der Waals surface area contributed by atoms with E-state index in [0.717, 1.165) is 29.0 Å². The van der Waals surface area contributed by atoms with Crippen LogP contribution in [0.5, 0.6) is 0 Å². The molecule has 0 atom stereocenters. The molecule has 5 nitrogen and oxygen atoms in total. The molecule has 4 aromatic heterocycles. The van der Waals surface area contributed by atoms with E-state index in [2.05, 4.69) is 31.2 Å². The van der Waals surface area contributed by atoms with Crippen LogP contribution >= 0.6 is 0 Å². The molecule has 0 radical (unpaired) electrons. The van der Waals surface area contributed by atoms with Crippen molar-refractivity contribution >= 4 is 22.3 Å². The Balaban J connectivity index is 1.99. The molecule has 1 aliphatic heterocycles. The van der Waals surface area contributed by atoms with Crippen molar-refractivity contribution in [2.75, 3.05) is 0 Å². The van der Waals surface area contributed by atoms with Crippen LogP contribution in [-0.4, -0.2) is 14.5 Å². The van der Waals surface area contributed by atoms with Gasteiger partial charge >= 0.3 is 5.71 Å². The molecule has 0 aromatic carbocycles. The zero-order chi connectivity index (χ0) is 13.3. The number of imidazole rings is 1. The predicted octanol–water partition coefficient (Wildman–Crippen LogP) is 2.03. The monoisotopic (exact) mass is 263 g/mol. The minimum absolute atomic E-state index is 0.692. The van der Waals surface area contributed by atoms with Gasteiger partial charge in [0.1, 0.15) is 6.54 Å². The van der Waals surface area contributed by atoms with E-state index >= 15 is 0 Å². The zero-order valence-corrected chi connectivity index (χ0v) is 10.9. The lowest BCUT2D eigenvalue weighted by atomic mass is 10.2. The Bertz CT molecular complexity index is 996. The van der Waals surface area contributed by atoms with Gasteiger partial charge in [0.2, 0.25) is 11.2 Å². The molecule has 0 bridgehead atoms. The van der Waals surface area contributed by atoms with Gasteiger partial charge < -0.3 is 4.42 Å². The van der Waals surface area contributed by atoms with Crippen LogP contribution in [0.4, 0.5) is 0 Å².